The number of aromatic nitrogens is 1. The van der Waals surface area contributed by atoms with Gasteiger partial charge in [0.25, 0.3) is 0 Å². The minimum absolute atomic E-state index is 0.0945. The lowest BCUT2D eigenvalue weighted by Crippen LogP contribution is -2.57. The molecular formula is C31H40N8O5. The van der Waals surface area contributed by atoms with Gasteiger partial charge in [-0.15, -0.1) is 0 Å². The van der Waals surface area contributed by atoms with Gasteiger partial charge in [0.2, 0.25) is 17.7 Å². The first-order valence-electron chi connectivity index (χ1n) is 14.7. The van der Waals surface area contributed by atoms with Crippen molar-refractivity contribution < 1.29 is 24.3 Å². The van der Waals surface area contributed by atoms with Gasteiger partial charge in [-0.05, 0) is 49.3 Å². The molecule has 1 aromatic heterocycles. The number of H-pyrrole nitrogens is 1. The van der Waals surface area contributed by atoms with Gasteiger partial charge in [0.05, 0.1) is 6.04 Å². The Balaban J connectivity index is 1.55. The largest absolute Gasteiger partial charge is 0.480 e. The van der Waals surface area contributed by atoms with E-state index >= 15 is 0 Å². The number of para-hydroxylation sites is 1. The molecule has 13 nitrogen and oxygen atoms in total. The first kappa shape index (κ1) is 32.0. The number of fused-ring (bicyclic) bond motifs is 1. The number of carbonyl (C=O) groups is 4. The Morgan fingerprint density at radius 2 is 1.68 bits per heavy atom. The third-order valence-corrected chi connectivity index (χ3v) is 7.75. The lowest BCUT2D eigenvalue weighted by atomic mass is 10.0. The van der Waals surface area contributed by atoms with Gasteiger partial charge in [0.15, 0.2) is 5.96 Å². The van der Waals surface area contributed by atoms with Crippen LogP contribution in [0.5, 0.6) is 0 Å². The fourth-order valence-electron chi connectivity index (χ4n) is 5.49. The van der Waals surface area contributed by atoms with Gasteiger partial charge in [-0.3, -0.25) is 19.4 Å². The molecule has 0 bridgehead atoms. The summed E-state index contributed by atoms with van der Waals surface area (Å²) in [6.07, 6.45) is 3.55. The molecule has 0 radical (unpaired) electrons. The van der Waals surface area contributed by atoms with Crippen molar-refractivity contribution in [3.63, 3.8) is 0 Å². The minimum atomic E-state index is -1.09. The average Bonchev–Trinajstić information content (AvgIpc) is 3.66. The van der Waals surface area contributed by atoms with Crippen LogP contribution in [-0.4, -0.2) is 81.9 Å². The van der Waals surface area contributed by atoms with Crippen LogP contribution in [0.25, 0.3) is 10.9 Å². The molecule has 1 aliphatic rings. The lowest BCUT2D eigenvalue weighted by molar-refractivity contribution is -0.149. The number of rotatable bonds is 14. The van der Waals surface area contributed by atoms with Crippen LogP contribution in [0.3, 0.4) is 0 Å². The average molecular weight is 605 g/mol. The maximum absolute atomic E-state index is 13.8. The molecule has 13 heteroatoms. The number of hydrogen-bond acceptors (Lipinski definition) is 6. The number of guanidine groups is 1. The Morgan fingerprint density at radius 1 is 0.977 bits per heavy atom. The van der Waals surface area contributed by atoms with E-state index in [4.69, 9.17) is 17.2 Å². The number of aromatic amines is 1. The number of hydrogen-bond donors (Lipinski definition) is 7. The van der Waals surface area contributed by atoms with E-state index in [-0.39, 0.29) is 38.3 Å². The summed E-state index contributed by atoms with van der Waals surface area (Å²) in [6, 6.07) is 12.8. The summed E-state index contributed by atoms with van der Waals surface area (Å²) in [7, 11) is 0. The van der Waals surface area contributed by atoms with Crippen LogP contribution >= 0.6 is 0 Å². The molecule has 2 heterocycles. The number of aliphatic imine (C=N–C) groups is 1. The molecule has 1 aliphatic heterocycles. The summed E-state index contributed by atoms with van der Waals surface area (Å²) in [5.74, 6) is -2.81. The topological polar surface area (TPSA) is 222 Å². The normalized spacial score (nSPS) is 16.6. The molecule has 0 spiro atoms. The second-order valence-corrected chi connectivity index (χ2v) is 11.0. The van der Waals surface area contributed by atoms with Gasteiger partial charge in [-0.25, -0.2) is 4.79 Å². The Labute approximate surface area is 255 Å². The van der Waals surface area contributed by atoms with Crippen LogP contribution in [0, 0.1) is 0 Å². The Hall–Kier alpha value is -4.91. The van der Waals surface area contributed by atoms with E-state index in [9.17, 15) is 24.3 Å². The molecule has 2 aromatic carbocycles. The van der Waals surface area contributed by atoms with Crippen molar-refractivity contribution in [3.8, 4) is 0 Å². The van der Waals surface area contributed by atoms with E-state index in [1.54, 1.807) is 6.20 Å². The summed E-state index contributed by atoms with van der Waals surface area (Å²) < 4.78 is 0. The predicted octanol–water partition coefficient (Wildman–Crippen LogP) is 0.379. The number of carboxylic acid groups (broad SMARTS) is 1. The van der Waals surface area contributed by atoms with Crippen LogP contribution in [0.2, 0.25) is 0 Å². The van der Waals surface area contributed by atoms with Crippen molar-refractivity contribution >= 4 is 40.6 Å². The minimum Gasteiger partial charge on any atom is -0.480 e. The molecule has 4 unspecified atom stereocenters. The number of amides is 3. The summed E-state index contributed by atoms with van der Waals surface area (Å²) in [4.78, 5) is 61.1. The van der Waals surface area contributed by atoms with Crippen molar-refractivity contribution in [2.45, 2.75) is 62.7 Å². The molecule has 4 atom stereocenters. The first-order chi connectivity index (χ1) is 21.1. The molecule has 0 aliphatic carbocycles. The van der Waals surface area contributed by atoms with Crippen LogP contribution in [0.1, 0.15) is 36.8 Å². The molecule has 1 fully saturated rings. The van der Waals surface area contributed by atoms with E-state index < -0.39 is 47.9 Å². The van der Waals surface area contributed by atoms with Crippen molar-refractivity contribution in [1.29, 1.82) is 0 Å². The third-order valence-electron chi connectivity index (χ3n) is 7.75. The smallest absolute Gasteiger partial charge is 0.326 e. The maximum atomic E-state index is 13.8. The van der Waals surface area contributed by atoms with Gasteiger partial charge in [0, 0.05) is 36.6 Å². The molecule has 1 saturated heterocycles. The van der Waals surface area contributed by atoms with Gasteiger partial charge >= 0.3 is 5.97 Å². The van der Waals surface area contributed by atoms with Crippen molar-refractivity contribution in [3.05, 3.63) is 71.9 Å². The summed E-state index contributed by atoms with van der Waals surface area (Å²) in [5, 5.41) is 16.2. The highest BCUT2D eigenvalue weighted by molar-refractivity contribution is 5.95. The van der Waals surface area contributed by atoms with Crippen LogP contribution in [-0.2, 0) is 32.0 Å². The van der Waals surface area contributed by atoms with E-state index in [0.29, 0.717) is 19.3 Å². The molecule has 0 saturated carbocycles. The second-order valence-electron chi connectivity index (χ2n) is 11.0. The molecule has 3 aromatic rings. The molecule has 44 heavy (non-hydrogen) atoms. The van der Waals surface area contributed by atoms with Gasteiger partial charge in [-0.2, -0.15) is 0 Å². The fraction of sp³-hybridized carbons (Fsp3) is 0.387. The summed E-state index contributed by atoms with van der Waals surface area (Å²) in [5.41, 5.74) is 19.6. The van der Waals surface area contributed by atoms with Gasteiger partial charge in [0.1, 0.15) is 18.1 Å². The van der Waals surface area contributed by atoms with Crippen LogP contribution in [0.4, 0.5) is 0 Å². The lowest BCUT2D eigenvalue weighted by Gasteiger charge is -2.29. The summed E-state index contributed by atoms with van der Waals surface area (Å²) in [6.45, 7) is 0.493. The van der Waals surface area contributed by atoms with E-state index in [1.165, 1.54) is 4.90 Å². The number of nitrogens with one attached hydrogen (secondary N) is 3. The molecule has 10 N–H and O–H groups in total. The number of carbonyl (C=O) groups excluding carboxylic acids is 3. The fourth-order valence-corrected chi connectivity index (χ4v) is 5.49. The highest BCUT2D eigenvalue weighted by Gasteiger charge is 2.38. The quantitative estimate of drug-likeness (QED) is 0.0772. The highest BCUT2D eigenvalue weighted by atomic mass is 16.4. The zero-order chi connectivity index (χ0) is 31.6. The number of nitrogens with two attached hydrogens (primary N) is 3. The Morgan fingerprint density at radius 3 is 2.41 bits per heavy atom. The highest BCUT2D eigenvalue weighted by Crippen LogP contribution is 2.23. The van der Waals surface area contributed by atoms with E-state index in [0.717, 1.165) is 22.0 Å². The zero-order valence-corrected chi connectivity index (χ0v) is 24.4. The van der Waals surface area contributed by atoms with Crippen LogP contribution < -0.4 is 27.8 Å². The van der Waals surface area contributed by atoms with Crippen LogP contribution in [0.15, 0.2) is 65.8 Å². The van der Waals surface area contributed by atoms with Crippen molar-refractivity contribution in [2.75, 3.05) is 13.1 Å². The number of likely N-dealkylation sites (tertiary alicyclic amines) is 1. The van der Waals surface area contributed by atoms with Crippen molar-refractivity contribution in [1.82, 2.24) is 20.5 Å². The Kier molecular flexibility index (Phi) is 10.9. The molecule has 4 rings (SSSR count). The first-order valence-corrected chi connectivity index (χ1v) is 14.7. The number of carboxylic acids is 1. The van der Waals surface area contributed by atoms with E-state index in [2.05, 4.69) is 20.6 Å². The monoisotopic (exact) mass is 604 g/mol. The van der Waals surface area contributed by atoms with Gasteiger partial charge in [-0.1, -0.05) is 48.5 Å². The molecule has 234 valence electrons. The molecule has 3 amide bonds. The Bertz CT molecular complexity index is 1490. The number of aliphatic carboxylic acids is 1. The maximum Gasteiger partial charge on any atom is 0.326 e. The van der Waals surface area contributed by atoms with Gasteiger partial charge < -0.3 is 42.8 Å². The standard InChI is InChI=1S/C31H40N8O5/c32-22(16-19-8-2-1-3-9-19)27(40)37-24(12-6-14-35-31(33)34)28(41)38-25(29(42)39-15-7-13-26(39)30(43)44)17-20-18-36-23-11-5-4-10-21(20)23/h1-5,8-11,18,22,24-26,36H,6-7,12-17,32H2,(H,37,40)(H,38,41)(H,43,44)(H4,33,34,35). The summed E-state index contributed by atoms with van der Waals surface area (Å²) >= 11 is 0. The van der Waals surface area contributed by atoms with Crippen molar-refractivity contribution in [2.24, 2.45) is 22.2 Å². The SMILES string of the molecule is NC(N)=NCCCC(NC(=O)C(N)Cc1ccccc1)C(=O)NC(Cc1c[nH]c2ccccc12)C(=O)N1CCCC1C(=O)O. The number of nitrogens with zero attached hydrogens (tertiary/aromatic N) is 2. The number of benzene rings is 2. The second kappa shape index (κ2) is 15.0. The predicted molar refractivity (Wildman–Crippen MR) is 166 cm³/mol. The zero-order valence-electron chi connectivity index (χ0n) is 24.4. The van der Waals surface area contributed by atoms with E-state index in [1.807, 2.05) is 54.6 Å². The third kappa shape index (κ3) is 8.34. The molecular weight excluding hydrogens is 564 g/mol.